The van der Waals surface area contributed by atoms with E-state index in [4.69, 9.17) is 9.15 Å². The number of morpholine rings is 1. The van der Waals surface area contributed by atoms with Gasteiger partial charge < -0.3 is 18.6 Å². The van der Waals surface area contributed by atoms with E-state index in [9.17, 15) is 9.59 Å². The van der Waals surface area contributed by atoms with E-state index < -0.39 is 0 Å². The van der Waals surface area contributed by atoms with E-state index in [-0.39, 0.29) is 18.0 Å². The molecule has 0 N–H and O–H groups in total. The average molecular weight is 344 g/mol. The summed E-state index contributed by atoms with van der Waals surface area (Å²) in [5.74, 6) is 0.673. The van der Waals surface area contributed by atoms with Crippen LogP contribution >= 0.6 is 0 Å². The Morgan fingerprint density at radius 1 is 1.32 bits per heavy atom. The average Bonchev–Trinajstić information content (AvgIpc) is 3.13. The zero-order valence-electron chi connectivity index (χ0n) is 14.3. The summed E-state index contributed by atoms with van der Waals surface area (Å²) in [6.07, 6.45) is 1.61. The van der Waals surface area contributed by atoms with Gasteiger partial charge in [0.25, 0.3) is 5.56 Å². The zero-order chi connectivity index (χ0) is 17.6. The summed E-state index contributed by atoms with van der Waals surface area (Å²) >= 11 is 0. The van der Waals surface area contributed by atoms with Crippen LogP contribution in [-0.2, 0) is 22.6 Å². The van der Waals surface area contributed by atoms with Crippen LogP contribution in [0.5, 0.6) is 0 Å². The van der Waals surface area contributed by atoms with Crippen LogP contribution in [-0.4, -0.2) is 51.5 Å². The first kappa shape index (κ1) is 15.9. The Morgan fingerprint density at radius 3 is 2.80 bits per heavy atom. The lowest BCUT2D eigenvalue weighted by Gasteiger charge is -2.26. The van der Waals surface area contributed by atoms with Gasteiger partial charge in [-0.05, 0) is 13.8 Å². The van der Waals surface area contributed by atoms with Crippen LogP contribution in [0.15, 0.2) is 21.5 Å². The van der Waals surface area contributed by atoms with Crippen LogP contribution in [0.3, 0.4) is 0 Å². The molecule has 0 unspecified atom stereocenters. The highest BCUT2D eigenvalue weighted by molar-refractivity contribution is 6.04. The first-order valence-corrected chi connectivity index (χ1v) is 8.44. The fourth-order valence-corrected chi connectivity index (χ4v) is 3.40. The molecule has 3 aromatic rings. The number of aryl methyl sites for hydroxylation is 2. The van der Waals surface area contributed by atoms with E-state index in [1.165, 1.54) is 4.68 Å². The fraction of sp³-hybridized carbons (Fsp3) is 0.471. The highest BCUT2D eigenvalue weighted by Crippen LogP contribution is 2.29. The number of ether oxygens (including phenoxy) is 1. The Kier molecular flexibility index (Phi) is 3.84. The van der Waals surface area contributed by atoms with Crippen molar-refractivity contribution in [1.82, 2.24) is 19.2 Å². The number of nitrogens with zero attached hydrogens (tertiary/aromatic N) is 4. The molecular formula is C17H20N4O4. The lowest BCUT2D eigenvalue weighted by Crippen LogP contribution is -2.43. The molecule has 1 aliphatic rings. The van der Waals surface area contributed by atoms with E-state index in [1.54, 1.807) is 11.1 Å². The number of hydrogen-bond donors (Lipinski definition) is 0. The van der Waals surface area contributed by atoms with Crippen LogP contribution in [0, 0.1) is 6.92 Å². The van der Waals surface area contributed by atoms with E-state index >= 15 is 0 Å². The van der Waals surface area contributed by atoms with Crippen molar-refractivity contribution in [2.45, 2.75) is 26.9 Å². The van der Waals surface area contributed by atoms with Gasteiger partial charge in [0.15, 0.2) is 5.58 Å². The van der Waals surface area contributed by atoms with Gasteiger partial charge in [-0.25, -0.2) is 4.68 Å². The zero-order valence-corrected chi connectivity index (χ0v) is 14.3. The van der Waals surface area contributed by atoms with Crippen molar-refractivity contribution in [2.75, 3.05) is 26.3 Å². The maximum Gasteiger partial charge on any atom is 0.291 e. The molecule has 0 bridgehead atoms. The molecule has 4 rings (SSSR count). The molecule has 0 saturated carbocycles. The van der Waals surface area contributed by atoms with Crippen LogP contribution < -0.4 is 5.56 Å². The van der Waals surface area contributed by atoms with Crippen molar-refractivity contribution < 1.29 is 13.9 Å². The molecule has 0 radical (unpaired) electrons. The second-order valence-electron chi connectivity index (χ2n) is 6.18. The van der Waals surface area contributed by atoms with Crippen LogP contribution in [0.2, 0.25) is 0 Å². The molecule has 4 heterocycles. The number of aromatic nitrogens is 3. The molecule has 0 aromatic carbocycles. The summed E-state index contributed by atoms with van der Waals surface area (Å²) in [6, 6.07) is 1.92. The molecule has 1 fully saturated rings. The molecule has 8 nitrogen and oxygen atoms in total. The summed E-state index contributed by atoms with van der Waals surface area (Å²) in [7, 11) is 0. The van der Waals surface area contributed by atoms with Gasteiger partial charge in [-0.2, -0.15) is 5.10 Å². The standard InChI is InChI=1S/C17H20N4O4/c1-3-20-13-8-11(2)25-16(13)12-9-18-21(17(23)15(12)20)10-14(22)19-4-6-24-7-5-19/h8-9H,3-7,10H2,1-2H3. The summed E-state index contributed by atoms with van der Waals surface area (Å²) in [4.78, 5) is 27.0. The van der Waals surface area contributed by atoms with Crippen LogP contribution in [0.25, 0.3) is 22.0 Å². The molecule has 3 aromatic heterocycles. The Hall–Kier alpha value is -2.61. The molecule has 1 amide bonds. The Balaban J connectivity index is 1.77. The number of carbonyl (C=O) groups excluding carboxylic acids is 1. The van der Waals surface area contributed by atoms with Gasteiger partial charge >= 0.3 is 0 Å². The third-order valence-corrected chi connectivity index (χ3v) is 4.62. The van der Waals surface area contributed by atoms with Gasteiger partial charge in [0.1, 0.15) is 17.8 Å². The van der Waals surface area contributed by atoms with Gasteiger partial charge in [-0.15, -0.1) is 0 Å². The first-order chi connectivity index (χ1) is 12.1. The lowest BCUT2D eigenvalue weighted by atomic mass is 10.3. The lowest BCUT2D eigenvalue weighted by molar-refractivity contribution is -0.136. The molecule has 0 aliphatic carbocycles. The molecule has 25 heavy (non-hydrogen) atoms. The van der Waals surface area contributed by atoms with Crippen molar-refractivity contribution in [3.63, 3.8) is 0 Å². The maximum absolute atomic E-state index is 12.9. The largest absolute Gasteiger partial charge is 0.459 e. The number of carbonyl (C=O) groups is 1. The number of fused-ring (bicyclic) bond motifs is 3. The number of amides is 1. The highest BCUT2D eigenvalue weighted by atomic mass is 16.5. The van der Waals surface area contributed by atoms with E-state index in [2.05, 4.69) is 5.10 Å². The quantitative estimate of drug-likeness (QED) is 0.711. The molecule has 8 heteroatoms. The van der Waals surface area contributed by atoms with Gasteiger partial charge in [-0.1, -0.05) is 0 Å². The number of rotatable bonds is 3. The monoisotopic (exact) mass is 344 g/mol. The van der Waals surface area contributed by atoms with E-state index in [1.807, 2.05) is 24.5 Å². The van der Waals surface area contributed by atoms with Gasteiger partial charge in [0.2, 0.25) is 5.91 Å². The van der Waals surface area contributed by atoms with E-state index in [0.717, 1.165) is 11.3 Å². The predicted molar refractivity (Wildman–Crippen MR) is 91.6 cm³/mol. The Labute approximate surface area is 143 Å². The number of furan rings is 1. The summed E-state index contributed by atoms with van der Waals surface area (Å²) < 4.78 is 14.1. The molecule has 1 aliphatic heterocycles. The van der Waals surface area contributed by atoms with Crippen molar-refractivity contribution in [2.24, 2.45) is 0 Å². The molecule has 132 valence electrons. The third-order valence-electron chi connectivity index (χ3n) is 4.62. The van der Waals surface area contributed by atoms with Crippen LogP contribution in [0.4, 0.5) is 0 Å². The second kappa shape index (κ2) is 6.03. The van der Waals surface area contributed by atoms with Crippen molar-refractivity contribution in [3.05, 3.63) is 28.4 Å². The minimum absolute atomic E-state index is 0.0654. The Morgan fingerprint density at radius 2 is 2.08 bits per heavy atom. The number of hydrogen-bond acceptors (Lipinski definition) is 5. The minimum Gasteiger partial charge on any atom is -0.459 e. The van der Waals surface area contributed by atoms with Crippen molar-refractivity contribution in [3.8, 4) is 0 Å². The Bertz CT molecular complexity index is 1010. The van der Waals surface area contributed by atoms with Crippen molar-refractivity contribution >= 4 is 27.9 Å². The minimum atomic E-state index is -0.273. The van der Waals surface area contributed by atoms with Gasteiger partial charge in [-0.3, -0.25) is 9.59 Å². The van der Waals surface area contributed by atoms with Gasteiger partial charge in [0, 0.05) is 25.7 Å². The summed E-state index contributed by atoms with van der Waals surface area (Å²) in [6.45, 7) is 6.58. The SMILES string of the molecule is CCn1c2cc(C)oc2c2cnn(CC(=O)N3CCOCC3)c(=O)c21. The predicted octanol–water partition coefficient (Wildman–Crippen LogP) is 1.13. The topological polar surface area (TPSA) is 82.5 Å². The third kappa shape index (κ3) is 2.53. The molecule has 1 saturated heterocycles. The maximum atomic E-state index is 12.9. The van der Waals surface area contributed by atoms with Crippen molar-refractivity contribution in [1.29, 1.82) is 0 Å². The normalized spacial score (nSPS) is 15.4. The summed E-state index contributed by atoms with van der Waals surface area (Å²) in [5.41, 5.74) is 1.81. The fourth-order valence-electron chi connectivity index (χ4n) is 3.40. The smallest absolute Gasteiger partial charge is 0.291 e. The summed E-state index contributed by atoms with van der Waals surface area (Å²) in [5, 5.41) is 4.89. The van der Waals surface area contributed by atoms with Gasteiger partial charge in [0.05, 0.1) is 30.3 Å². The second-order valence-corrected chi connectivity index (χ2v) is 6.18. The highest BCUT2D eigenvalue weighted by Gasteiger charge is 2.21. The van der Waals surface area contributed by atoms with Crippen LogP contribution in [0.1, 0.15) is 12.7 Å². The van der Waals surface area contributed by atoms with E-state index in [0.29, 0.717) is 49.3 Å². The molecule has 0 atom stereocenters. The molecule has 0 spiro atoms. The molecular weight excluding hydrogens is 324 g/mol. The first-order valence-electron chi connectivity index (χ1n) is 8.44.